The first-order valence-corrected chi connectivity index (χ1v) is 23.4. The van der Waals surface area contributed by atoms with E-state index in [1.807, 2.05) is 0 Å². The number of rotatable bonds is 41. The first-order valence-electron chi connectivity index (χ1n) is 21.9. The lowest BCUT2D eigenvalue weighted by molar-refractivity contribution is -0.161. The van der Waals surface area contributed by atoms with Crippen LogP contribution in [0.1, 0.15) is 194 Å². The molecule has 0 saturated heterocycles. The molecule has 0 heterocycles. The molecule has 0 aromatic heterocycles. The molecule has 11 heteroatoms. The van der Waals surface area contributed by atoms with Gasteiger partial charge in [-0.15, -0.1) is 0 Å². The molecule has 55 heavy (non-hydrogen) atoms. The lowest BCUT2D eigenvalue weighted by Crippen LogP contribution is -2.29. The van der Waals surface area contributed by atoms with E-state index in [1.165, 1.54) is 89.9 Å². The number of ether oxygens (including phenoxy) is 2. The van der Waals surface area contributed by atoms with Gasteiger partial charge in [-0.2, -0.15) is 0 Å². The van der Waals surface area contributed by atoms with E-state index >= 15 is 0 Å². The summed E-state index contributed by atoms with van der Waals surface area (Å²) in [6.45, 7) is 2.33. The number of hydrogen-bond donors (Lipinski definition) is 3. The van der Waals surface area contributed by atoms with Crippen LogP contribution in [0.5, 0.6) is 0 Å². The highest BCUT2D eigenvalue weighted by molar-refractivity contribution is 7.47. The van der Waals surface area contributed by atoms with Crippen molar-refractivity contribution in [3.8, 4) is 0 Å². The van der Waals surface area contributed by atoms with Crippen molar-refractivity contribution in [1.29, 1.82) is 0 Å². The Morgan fingerprint density at radius 2 is 0.945 bits per heavy atom. The van der Waals surface area contributed by atoms with Gasteiger partial charge in [0.05, 0.1) is 19.8 Å². The number of carbonyl (C=O) groups excluding carboxylic acids is 2. The minimum Gasteiger partial charge on any atom is -0.462 e. The van der Waals surface area contributed by atoms with E-state index in [0.29, 0.717) is 12.8 Å². The van der Waals surface area contributed by atoms with Crippen LogP contribution in [-0.2, 0) is 32.7 Å². The second kappa shape index (κ2) is 40.4. The molecule has 0 amide bonds. The zero-order valence-electron chi connectivity index (χ0n) is 34.9. The van der Waals surface area contributed by atoms with E-state index in [4.69, 9.17) is 19.1 Å². The number of phosphoric acid groups is 1. The van der Waals surface area contributed by atoms with Gasteiger partial charge in [0.25, 0.3) is 0 Å². The Morgan fingerprint density at radius 3 is 1.45 bits per heavy atom. The molecule has 0 rings (SSSR count). The van der Waals surface area contributed by atoms with Crippen molar-refractivity contribution in [3.63, 3.8) is 0 Å². The highest BCUT2D eigenvalue weighted by atomic mass is 31.2. The molecule has 0 aromatic rings. The van der Waals surface area contributed by atoms with Gasteiger partial charge in [0, 0.05) is 12.8 Å². The fraction of sp³-hybridized carbons (Fsp3) is 0.818. The van der Waals surface area contributed by atoms with Crippen molar-refractivity contribution in [2.75, 3.05) is 26.4 Å². The second-order valence-electron chi connectivity index (χ2n) is 14.7. The maximum absolute atomic E-state index is 12.6. The van der Waals surface area contributed by atoms with Crippen LogP contribution < -0.4 is 0 Å². The lowest BCUT2D eigenvalue weighted by atomic mass is 10.1. The first kappa shape index (κ1) is 53.2. The van der Waals surface area contributed by atoms with Gasteiger partial charge in [0.1, 0.15) is 12.7 Å². The predicted molar refractivity (Wildman–Crippen MR) is 224 cm³/mol. The van der Waals surface area contributed by atoms with Gasteiger partial charge in [0.2, 0.25) is 0 Å². The van der Waals surface area contributed by atoms with Crippen molar-refractivity contribution in [2.45, 2.75) is 206 Å². The maximum atomic E-state index is 12.6. The van der Waals surface area contributed by atoms with Gasteiger partial charge in [-0.1, -0.05) is 147 Å². The lowest BCUT2D eigenvalue weighted by Gasteiger charge is -2.20. The molecule has 0 aliphatic heterocycles. The smallest absolute Gasteiger partial charge is 0.462 e. The van der Waals surface area contributed by atoms with Crippen LogP contribution in [0.3, 0.4) is 0 Å². The zero-order valence-corrected chi connectivity index (χ0v) is 35.8. The molecule has 0 bridgehead atoms. The average molecular weight is 801 g/mol. The van der Waals surface area contributed by atoms with Crippen LogP contribution in [0.2, 0.25) is 0 Å². The molecule has 3 atom stereocenters. The summed E-state index contributed by atoms with van der Waals surface area (Å²) in [7, 11) is -4.62. The van der Waals surface area contributed by atoms with Crippen molar-refractivity contribution >= 4 is 19.8 Å². The summed E-state index contributed by atoms with van der Waals surface area (Å²) in [6.07, 6.45) is 41.0. The van der Waals surface area contributed by atoms with E-state index < -0.39 is 51.8 Å². The summed E-state index contributed by atoms with van der Waals surface area (Å²) in [5.74, 6) is -0.941. The summed E-state index contributed by atoms with van der Waals surface area (Å²) in [5, 5.41) is 18.3. The Bertz CT molecular complexity index is 1010. The minimum absolute atomic E-state index is 0.168. The van der Waals surface area contributed by atoms with Crippen molar-refractivity contribution < 1.29 is 47.8 Å². The van der Waals surface area contributed by atoms with Crippen LogP contribution in [0.15, 0.2) is 36.5 Å². The first-order chi connectivity index (χ1) is 26.7. The minimum atomic E-state index is -4.62. The Morgan fingerprint density at radius 1 is 0.545 bits per heavy atom. The molecule has 10 nitrogen and oxygen atoms in total. The Balaban J connectivity index is 4.30. The van der Waals surface area contributed by atoms with Crippen LogP contribution in [0.4, 0.5) is 0 Å². The Kier molecular flexibility index (Phi) is 39.1. The van der Waals surface area contributed by atoms with E-state index in [0.717, 1.165) is 64.2 Å². The number of unbranched alkanes of at least 4 members (excludes halogenated alkanes) is 21. The quantitative estimate of drug-likeness (QED) is 0.0236. The standard InChI is InChI=1S/C44H81O10P/c1-3-5-7-9-11-13-15-17-19-20-22-23-25-27-29-31-33-35-43(47)51-39-42(40-53-55(49,50)52-38-41(46)37-45)54-44(48)36-34-32-30-28-26-24-21-18-16-14-12-10-8-6-4-2/h12-15,18,21,41-42,45-46H,3-11,16-17,19-20,22-40H2,1-2H3,(H,49,50)/b14-12+,15-13+,21-18+/t41-,42+/m0/s1. The van der Waals surface area contributed by atoms with Crippen molar-refractivity contribution in [1.82, 2.24) is 0 Å². The number of phosphoric ester groups is 1. The van der Waals surface area contributed by atoms with Crippen molar-refractivity contribution in [3.05, 3.63) is 36.5 Å². The normalized spacial score (nSPS) is 14.2. The third-order valence-corrected chi connectivity index (χ3v) is 10.2. The SMILES string of the molecule is CCCCC/C=C/C/C=C/CCCCCCCC(=O)O[C@H](COC(=O)CCCCCCCCCCC/C=C/CCCCCC)COP(=O)(O)OC[C@@H](O)CO. The van der Waals surface area contributed by atoms with Gasteiger partial charge < -0.3 is 24.6 Å². The van der Waals surface area contributed by atoms with E-state index in [1.54, 1.807) is 0 Å². The Labute approximate surface area is 335 Å². The monoisotopic (exact) mass is 801 g/mol. The van der Waals surface area contributed by atoms with Crippen LogP contribution in [0, 0.1) is 0 Å². The van der Waals surface area contributed by atoms with Gasteiger partial charge in [-0.05, 0) is 70.6 Å². The van der Waals surface area contributed by atoms with Gasteiger partial charge >= 0.3 is 19.8 Å². The molecule has 322 valence electrons. The molecule has 0 saturated carbocycles. The number of esters is 2. The number of aliphatic hydroxyl groups is 2. The summed E-state index contributed by atoms with van der Waals surface area (Å²) in [6, 6.07) is 0. The summed E-state index contributed by atoms with van der Waals surface area (Å²) < 4.78 is 32.7. The van der Waals surface area contributed by atoms with Crippen LogP contribution in [0.25, 0.3) is 0 Å². The van der Waals surface area contributed by atoms with Gasteiger partial charge in [0.15, 0.2) is 6.10 Å². The fourth-order valence-corrected chi connectivity index (χ4v) is 6.63. The second-order valence-corrected chi connectivity index (χ2v) is 16.2. The largest absolute Gasteiger partial charge is 0.472 e. The molecular formula is C44H81O10P. The van der Waals surface area contributed by atoms with Gasteiger partial charge in [-0.25, -0.2) is 4.57 Å². The zero-order chi connectivity index (χ0) is 40.5. The van der Waals surface area contributed by atoms with E-state index in [2.05, 4.69) is 54.8 Å². The van der Waals surface area contributed by atoms with Crippen molar-refractivity contribution in [2.24, 2.45) is 0 Å². The third kappa shape index (κ3) is 40.2. The Hall–Kier alpha value is -1.81. The predicted octanol–water partition coefficient (Wildman–Crippen LogP) is 11.6. The van der Waals surface area contributed by atoms with Gasteiger partial charge in [-0.3, -0.25) is 18.6 Å². The molecule has 0 spiro atoms. The summed E-state index contributed by atoms with van der Waals surface area (Å²) >= 11 is 0. The summed E-state index contributed by atoms with van der Waals surface area (Å²) in [5.41, 5.74) is 0. The number of hydrogen-bond acceptors (Lipinski definition) is 9. The third-order valence-electron chi connectivity index (χ3n) is 9.27. The summed E-state index contributed by atoms with van der Waals surface area (Å²) in [4.78, 5) is 35.0. The maximum Gasteiger partial charge on any atom is 0.472 e. The van der Waals surface area contributed by atoms with Crippen LogP contribution >= 0.6 is 7.82 Å². The molecule has 3 N–H and O–H groups in total. The molecule has 1 unspecified atom stereocenters. The van der Waals surface area contributed by atoms with E-state index in [9.17, 15) is 24.2 Å². The molecule has 0 radical (unpaired) electrons. The highest BCUT2D eigenvalue weighted by Crippen LogP contribution is 2.43. The number of allylic oxidation sites excluding steroid dienone is 6. The molecule has 0 aromatic carbocycles. The van der Waals surface area contributed by atoms with Crippen LogP contribution in [-0.4, -0.2) is 65.7 Å². The molecule has 0 aliphatic rings. The topological polar surface area (TPSA) is 149 Å². The number of aliphatic hydroxyl groups excluding tert-OH is 2. The average Bonchev–Trinajstić information content (AvgIpc) is 3.17. The fourth-order valence-electron chi connectivity index (χ4n) is 5.84. The molecular weight excluding hydrogens is 719 g/mol. The molecule has 0 aliphatic carbocycles. The highest BCUT2D eigenvalue weighted by Gasteiger charge is 2.27. The number of carbonyl (C=O) groups is 2. The van der Waals surface area contributed by atoms with E-state index in [-0.39, 0.29) is 19.4 Å². The molecule has 0 fully saturated rings.